The van der Waals surface area contributed by atoms with Crippen LogP contribution in [0.2, 0.25) is 0 Å². The Hall–Kier alpha value is -1.69. The molecule has 1 aromatic carbocycles. The molecule has 0 saturated heterocycles. The first kappa shape index (κ1) is 10.8. The van der Waals surface area contributed by atoms with Crippen molar-refractivity contribution in [1.29, 1.82) is 0 Å². The van der Waals surface area contributed by atoms with E-state index in [1.165, 1.54) is 12.3 Å². The lowest BCUT2D eigenvalue weighted by Gasteiger charge is -2.06. The van der Waals surface area contributed by atoms with E-state index in [4.69, 9.17) is 5.73 Å². The van der Waals surface area contributed by atoms with Gasteiger partial charge in [0.05, 0.1) is 5.69 Å². The highest BCUT2D eigenvalue weighted by Gasteiger charge is 2.04. The van der Waals surface area contributed by atoms with Crippen LogP contribution in [0, 0.1) is 5.82 Å². The largest absolute Gasteiger partial charge is 0.384 e. The Bertz CT molecular complexity index is 518. The first-order valence-corrected chi connectivity index (χ1v) is 5.25. The van der Waals surface area contributed by atoms with E-state index in [0.29, 0.717) is 11.5 Å². The number of nitrogens with one attached hydrogen (secondary N) is 1. The van der Waals surface area contributed by atoms with Crippen LogP contribution in [-0.4, -0.2) is 9.97 Å². The summed E-state index contributed by atoms with van der Waals surface area (Å²) in [7, 11) is 0. The fourth-order valence-corrected chi connectivity index (χ4v) is 1.51. The standard InChI is InChI=1S/C10H8BrFN4/c11-6-1-2-7(12)8(5-6)15-10-14-4-3-9(13)16-10/h1-5H,(H3,13,14,15,16). The normalized spacial score (nSPS) is 10.1. The van der Waals surface area contributed by atoms with E-state index in [1.807, 2.05) is 0 Å². The molecule has 1 heterocycles. The summed E-state index contributed by atoms with van der Waals surface area (Å²) < 4.78 is 14.1. The fraction of sp³-hybridized carbons (Fsp3) is 0. The zero-order valence-corrected chi connectivity index (χ0v) is 9.70. The Kier molecular flexibility index (Phi) is 3.00. The Balaban J connectivity index is 2.30. The van der Waals surface area contributed by atoms with Gasteiger partial charge in [-0.2, -0.15) is 4.98 Å². The molecule has 6 heteroatoms. The van der Waals surface area contributed by atoms with Crippen molar-refractivity contribution < 1.29 is 4.39 Å². The minimum Gasteiger partial charge on any atom is -0.384 e. The molecule has 2 aromatic rings. The first-order chi connectivity index (χ1) is 7.65. The quantitative estimate of drug-likeness (QED) is 0.889. The third-order valence-electron chi connectivity index (χ3n) is 1.85. The highest BCUT2D eigenvalue weighted by molar-refractivity contribution is 9.10. The Morgan fingerprint density at radius 2 is 2.12 bits per heavy atom. The average molecular weight is 283 g/mol. The van der Waals surface area contributed by atoms with E-state index in [2.05, 4.69) is 31.2 Å². The van der Waals surface area contributed by atoms with Crippen LogP contribution in [0.15, 0.2) is 34.9 Å². The van der Waals surface area contributed by atoms with Crippen LogP contribution in [0.1, 0.15) is 0 Å². The number of nitrogens with two attached hydrogens (primary N) is 1. The molecule has 82 valence electrons. The summed E-state index contributed by atoms with van der Waals surface area (Å²) in [4.78, 5) is 7.83. The summed E-state index contributed by atoms with van der Waals surface area (Å²) in [5, 5.41) is 2.75. The number of hydrogen-bond donors (Lipinski definition) is 2. The van der Waals surface area contributed by atoms with Crippen LogP contribution in [0.5, 0.6) is 0 Å². The fourth-order valence-electron chi connectivity index (χ4n) is 1.15. The molecule has 0 bridgehead atoms. The maximum atomic E-state index is 13.4. The number of anilines is 3. The monoisotopic (exact) mass is 282 g/mol. The average Bonchev–Trinajstić information content (AvgIpc) is 2.24. The van der Waals surface area contributed by atoms with Crippen LogP contribution < -0.4 is 11.1 Å². The van der Waals surface area contributed by atoms with Gasteiger partial charge in [0, 0.05) is 10.7 Å². The summed E-state index contributed by atoms with van der Waals surface area (Å²) in [6, 6.07) is 6.11. The number of hydrogen-bond acceptors (Lipinski definition) is 4. The molecule has 0 aliphatic rings. The predicted octanol–water partition coefficient (Wildman–Crippen LogP) is 2.70. The lowest BCUT2D eigenvalue weighted by molar-refractivity contribution is 0.631. The van der Waals surface area contributed by atoms with Crippen LogP contribution >= 0.6 is 15.9 Å². The van der Waals surface area contributed by atoms with E-state index in [1.54, 1.807) is 18.2 Å². The van der Waals surface area contributed by atoms with Gasteiger partial charge >= 0.3 is 0 Å². The molecule has 0 amide bonds. The van der Waals surface area contributed by atoms with E-state index in [0.717, 1.165) is 4.47 Å². The molecule has 4 nitrogen and oxygen atoms in total. The van der Waals surface area contributed by atoms with Gasteiger partial charge in [-0.25, -0.2) is 9.37 Å². The second-order valence-electron chi connectivity index (χ2n) is 3.05. The second-order valence-corrected chi connectivity index (χ2v) is 3.97. The van der Waals surface area contributed by atoms with E-state index >= 15 is 0 Å². The molecule has 0 aliphatic carbocycles. The summed E-state index contributed by atoms with van der Waals surface area (Å²) in [5.41, 5.74) is 5.78. The van der Waals surface area contributed by atoms with Crippen molar-refractivity contribution in [3.63, 3.8) is 0 Å². The number of aromatic nitrogens is 2. The van der Waals surface area contributed by atoms with Crippen LogP contribution in [-0.2, 0) is 0 Å². The molecule has 3 N–H and O–H groups in total. The highest BCUT2D eigenvalue weighted by Crippen LogP contribution is 2.22. The first-order valence-electron chi connectivity index (χ1n) is 4.46. The molecular weight excluding hydrogens is 275 g/mol. The van der Waals surface area contributed by atoms with E-state index in [-0.39, 0.29) is 11.8 Å². The number of nitrogens with zero attached hydrogens (tertiary/aromatic N) is 2. The summed E-state index contributed by atoms with van der Waals surface area (Å²) in [6.07, 6.45) is 1.50. The van der Waals surface area contributed by atoms with Gasteiger partial charge in [-0.05, 0) is 24.3 Å². The lowest BCUT2D eigenvalue weighted by atomic mass is 10.3. The maximum Gasteiger partial charge on any atom is 0.229 e. The third-order valence-corrected chi connectivity index (χ3v) is 2.35. The molecule has 16 heavy (non-hydrogen) atoms. The molecule has 0 atom stereocenters. The molecule has 0 radical (unpaired) electrons. The van der Waals surface area contributed by atoms with Gasteiger partial charge in [0.2, 0.25) is 5.95 Å². The summed E-state index contributed by atoms with van der Waals surface area (Å²) in [5.74, 6) is 0.208. The molecule has 2 rings (SSSR count). The number of rotatable bonds is 2. The zero-order chi connectivity index (χ0) is 11.5. The SMILES string of the molecule is Nc1ccnc(Nc2cc(Br)ccc2F)n1. The Morgan fingerprint density at radius 3 is 2.88 bits per heavy atom. The topological polar surface area (TPSA) is 63.8 Å². The van der Waals surface area contributed by atoms with Crippen molar-refractivity contribution in [3.8, 4) is 0 Å². The van der Waals surface area contributed by atoms with Crippen molar-refractivity contribution in [2.45, 2.75) is 0 Å². The Morgan fingerprint density at radius 1 is 1.31 bits per heavy atom. The van der Waals surface area contributed by atoms with Crippen molar-refractivity contribution in [3.05, 3.63) is 40.8 Å². The molecule has 0 spiro atoms. The molecule has 0 saturated carbocycles. The highest BCUT2D eigenvalue weighted by atomic mass is 79.9. The van der Waals surface area contributed by atoms with Gasteiger partial charge in [0.25, 0.3) is 0 Å². The third kappa shape index (κ3) is 2.46. The number of benzene rings is 1. The lowest BCUT2D eigenvalue weighted by Crippen LogP contribution is -2.00. The summed E-state index contributed by atoms with van der Waals surface area (Å²) >= 11 is 3.25. The minimum atomic E-state index is -0.380. The molecule has 0 unspecified atom stereocenters. The second kappa shape index (κ2) is 4.44. The van der Waals surface area contributed by atoms with Gasteiger partial charge < -0.3 is 11.1 Å². The Labute approximate surface area is 99.9 Å². The smallest absolute Gasteiger partial charge is 0.229 e. The number of halogens is 2. The van der Waals surface area contributed by atoms with Gasteiger partial charge in [-0.1, -0.05) is 15.9 Å². The molecular formula is C10H8BrFN4. The van der Waals surface area contributed by atoms with Crippen LogP contribution in [0.3, 0.4) is 0 Å². The van der Waals surface area contributed by atoms with Crippen molar-refractivity contribution in [2.24, 2.45) is 0 Å². The van der Waals surface area contributed by atoms with E-state index < -0.39 is 0 Å². The van der Waals surface area contributed by atoms with Gasteiger partial charge in [-0.3, -0.25) is 0 Å². The predicted molar refractivity (Wildman–Crippen MR) is 63.8 cm³/mol. The van der Waals surface area contributed by atoms with Gasteiger partial charge in [0.1, 0.15) is 11.6 Å². The summed E-state index contributed by atoms with van der Waals surface area (Å²) in [6.45, 7) is 0. The van der Waals surface area contributed by atoms with Crippen molar-refractivity contribution >= 4 is 33.4 Å². The van der Waals surface area contributed by atoms with E-state index in [9.17, 15) is 4.39 Å². The van der Waals surface area contributed by atoms with Crippen LogP contribution in [0.4, 0.5) is 21.8 Å². The minimum absolute atomic E-state index is 0.261. The molecule has 1 aromatic heterocycles. The van der Waals surface area contributed by atoms with Gasteiger partial charge in [0.15, 0.2) is 0 Å². The van der Waals surface area contributed by atoms with Crippen molar-refractivity contribution in [2.75, 3.05) is 11.1 Å². The van der Waals surface area contributed by atoms with Crippen LogP contribution in [0.25, 0.3) is 0 Å². The van der Waals surface area contributed by atoms with Crippen molar-refractivity contribution in [1.82, 2.24) is 9.97 Å². The molecule has 0 fully saturated rings. The van der Waals surface area contributed by atoms with Gasteiger partial charge in [-0.15, -0.1) is 0 Å². The number of nitrogen functional groups attached to an aromatic ring is 1. The zero-order valence-electron chi connectivity index (χ0n) is 8.11. The molecule has 0 aliphatic heterocycles. The maximum absolute atomic E-state index is 13.4.